The van der Waals surface area contributed by atoms with Crippen LogP contribution < -0.4 is 17.2 Å². The SMILES string of the molecule is C#CCC.C#CCCC(C)=O.C#CCCC1(C)OC2[C@@H](CO)O[C@@H](n3cnc4c(N)ncnc43)[C@H]2O1.CC.CC(=O)CC(C)=O.CC(O)C(=O)OC(C)C(=O)OCCOCCn1cc(CCC2(C)OC3[C@@H](CO)O[C@@H](n4cnc5c(N)ncnc54)[C@H]3O2)nn1.Nc1ncnc2c1ncn2[C@@H]1O[C@H](CO)C(O)[C@@H]1O. The molecule has 7 aromatic rings. The lowest BCUT2D eigenvalue weighted by Crippen LogP contribution is -2.33. The molecule has 0 saturated carbocycles. The number of nitrogens with two attached hydrogens (primary N) is 3. The molecular formula is C69H96N18O21. The predicted molar refractivity (Wildman–Crippen MR) is 381 cm³/mol. The number of ketones is 3. The summed E-state index contributed by atoms with van der Waals surface area (Å²) in [6, 6.07) is 0. The summed E-state index contributed by atoms with van der Waals surface area (Å²) >= 11 is 0. The number of ether oxygens (including phenoxy) is 10. The predicted octanol–water partition coefficient (Wildman–Crippen LogP) is 0.726. The second-order valence-corrected chi connectivity index (χ2v) is 24.8. The first-order chi connectivity index (χ1) is 51.6. The van der Waals surface area contributed by atoms with Gasteiger partial charge in [-0.1, -0.05) is 26.0 Å². The van der Waals surface area contributed by atoms with Crippen molar-refractivity contribution in [1.82, 2.24) is 73.6 Å². The first-order valence-corrected chi connectivity index (χ1v) is 34.5. The van der Waals surface area contributed by atoms with Gasteiger partial charge < -0.3 is 95.2 Å². The monoisotopic (exact) mass is 1510 g/mol. The second kappa shape index (κ2) is 41.6. The molecule has 39 nitrogen and oxygen atoms in total. The van der Waals surface area contributed by atoms with Gasteiger partial charge in [0.1, 0.15) is 121 Å². The average Bonchev–Trinajstić information content (AvgIpc) is 1.59. The molecule has 16 atom stereocenters. The maximum absolute atomic E-state index is 11.8. The van der Waals surface area contributed by atoms with Crippen molar-refractivity contribution in [2.45, 2.75) is 225 Å². The Morgan fingerprint density at radius 2 is 1.04 bits per heavy atom. The van der Waals surface area contributed by atoms with E-state index < -0.39 is 116 Å². The van der Waals surface area contributed by atoms with Crippen LogP contribution in [0.4, 0.5) is 17.5 Å². The molecule has 12 heterocycles. The number of aromatic nitrogens is 15. The molecule has 39 heteroatoms. The van der Waals surface area contributed by atoms with E-state index in [0.717, 1.165) is 12.1 Å². The number of rotatable bonds is 24. The molecule has 0 aliphatic carbocycles. The number of aliphatic hydroxyl groups is 6. The molecule has 5 fully saturated rings. The Morgan fingerprint density at radius 3 is 1.44 bits per heavy atom. The maximum Gasteiger partial charge on any atom is 0.347 e. The number of esters is 2. The third-order valence-corrected chi connectivity index (χ3v) is 16.3. The molecule has 5 aliphatic heterocycles. The number of hydrogen-bond donors (Lipinski definition) is 9. The number of carbonyl (C=O) groups excluding carboxylic acids is 5. The van der Waals surface area contributed by atoms with E-state index in [1.54, 1.807) is 32.7 Å². The molecular weight excluding hydrogens is 1420 g/mol. The van der Waals surface area contributed by atoms with Gasteiger partial charge in [-0.3, -0.25) is 28.1 Å². The van der Waals surface area contributed by atoms with Crippen LogP contribution in [0.5, 0.6) is 0 Å². The summed E-state index contributed by atoms with van der Waals surface area (Å²) in [6.07, 6.45) is 18.7. The number of nitrogens with zero attached hydrogens (tertiary/aromatic N) is 15. The Kier molecular flexibility index (Phi) is 33.5. The summed E-state index contributed by atoms with van der Waals surface area (Å²) in [7, 11) is 0. The summed E-state index contributed by atoms with van der Waals surface area (Å²) in [6.45, 7) is 16.6. The Morgan fingerprint density at radius 1 is 0.593 bits per heavy atom. The van der Waals surface area contributed by atoms with Crippen molar-refractivity contribution in [2.24, 2.45) is 0 Å². The summed E-state index contributed by atoms with van der Waals surface area (Å²) in [4.78, 5) is 90.3. The zero-order valence-electron chi connectivity index (χ0n) is 61.7. The minimum atomic E-state index is -1.33. The largest absolute Gasteiger partial charge is 0.461 e. The smallest absolute Gasteiger partial charge is 0.347 e. The number of terminal acetylenes is 3. The van der Waals surface area contributed by atoms with Crippen molar-refractivity contribution >= 4 is 80.2 Å². The molecule has 0 amide bonds. The Balaban J connectivity index is 0.000000239. The number of aliphatic hydroxyl groups excluding tert-OH is 6. The van der Waals surface area contributed by atoms with Crippen molar-refractivity contribution in [3.8, 4) is 37.0 Å². The third kappa shape index (κ3) is 22.9. The summed E-state index contributed by atoms with van der Waals surface area (Å²) in [5.41, 5.74) is 20.9. The fraction of sp³-hybridized carbons (Fsp3) is 0.594. The van der Waals surface area contributed by atoms with Crippen LogP contribution in [-0.2, 0) is 84.3 Å². The van der Waals surface area contributed by atoms with E-state index in [-0.39, 0.29) is 61.8 Å². The van der Waals surface area contributed by atoms with Crippen LogP contribution in [0.3, 0.4) is 0 Å². The highest BCUT2D eigenvalue weighted by Gasteiger charge is 2.59. The van der Waals surface area contributed by atoms with Gasteiger partial charge >= 0.3 is 11.9 Å². The molecule has 0 aromatic carbocycles. The molecule has 0 radical (unpaired) electrons. The van der Waals surface area contributed by atoms with Crippen molar-refractivity contribution in [2.75, 3.05) is 56.8 Å². The van der Waals surface area contributed by atoms with E-state index in [1.807, 2.05) is 34.6 Å². The van der Waals surface area contributed by atoms with Gasteiger partial charge in [-0.15, -0.1) is 42.1 Å². The molecule has 5 saturated heterocycles. The maximum atomic E-state index is 11.8. The van der Waals surface area contributed by atoms with E-state index >= 15 is 0 Å². The fourth-order valence-electron chi connectivity index (χ4n) is 11.1. The molecule has 7 aromatic heterocycles. The van der Waals surface area contributed by atoms with E-state index in [9.17, 15) is 44.4 Å². The van der Waals surface area contributed by atoms with Crippen molar-refractivity contribution < 1.29 is 102 Å². The lowest BCUT2D eigenvalue weighted by Gasteiger charge is -2.27. The van der Waals surface area contributed by atoms with Crippen LogP contribution in [0.2, 0.25) is 0 Å². The van der Waals surface area contributed by atoms with Gasteiger partial charge in [-0.25, -0.2) is 59.1 Å². The van der Waals surface area contributed by atoms with Crippen LogP contribution in [-0.4, -0.2) is 252 Å². The quantitative estimate of drug-likeness (QED) is 0.0174. The molecule has 0 bridgehead atoms. The van der Waals surface area contributed by atoms with Crippen LogP contribution >= 0.6 is 0 Å². The molecule has 12 N–H and O–H groups in total. The van der Waals surface area contributed by atoms with Gasteiger partial charge in [0.15, 0.2) is 70.8 Å². The number of hydrogen-bond acceptors (Lipinski definition) is 35. The van der Waals surface area contributed by atoms with Gasteiger partial charge in [0.2, 0.25) is 0 Å². The minimum absolute atomic E-state index is 0.0273. The minimum Gasteiger partial charge on any atom is -0.461 e. The summed E-state index contributed by atoms with van der Waals surface area (Å²) in [5, 5.41) is 65.9. The number of carbonyl (C=O) groups is 5. The van der Waals surface area contributed by atoms with E-state index in [4.69, 9.17) is 94.1 Å². The van der Waals surface area contributed by atoms with Crippen LogP contribution in [0.15, 0.2) is 44.2 Å². The number of imidazole rings is 3. The number of Topliss-reactive ketones (excluding diaryl/α,β-unsaturated/α-hetero) is 3. The molecule has 12 rings (SSSR count). The van der Waals surface area contributed by atoms with Gasteiger partial charge in [-0.05, 0) is 54.9 Å². The van der Waals surface area contributed by atoms with Crippen molar-refractivity contribution in [3.63, 3.8) is 0 Å². The number of aryl methyl sites for hydroxylation is 1. The average molecular weight is 1510 g/mol. The molecule has 0 spiro atoms. The Labute approximate surface area is 621 Å². The molecule has 7 unspecified atom stereocenters. The number of anilines is 3. The second-order valence-electron chi connectivity index (χ2n) is 24.8. The molecule has 108 heavy (non-hydrogen) atoms. The van der Waals surface area contributed by atoms with Crippen molar-refractivity contribution in [1.29, 1.82) is 0 Å². The van der Waals surface area contributed by atoms with E-state index in [1.165, 1.54) is 64.5 Å². The Bertz CT molecular complexity index is 4200. The highest BCUT2D eigenvalue weighted by molar-refractivity contribution is 5.96. The topological polar surface area (TPSA) is 539 Å². The molecule has 588 valence electrons. The van der Waals surface area contributed by atoms with Gasteiger partial charge in [0, 0.05) is 44.7 Å². The lowest BCUT2D eigenvalue weighted by molar-refractivity contribution is -0.212. The highest BCUT2D eigenvalue weighted by Crippen LogP contribution is 2.47. The fourth-order valence-corrected chi connectivity index (χ4v) is 11.1. The first-order valence-electron chi connectivity index (χ1n) is 34.5. The lowest BCUT2D eigenvalue weighted by atomic mass is 10.1. The van der Waals surface area contributed by atoms with Gasteiger partial charge in [0.25, 0.3) is 0 Å². The Hall–Kier alpha value is -9.74. The van der Waals surface area contributed by atoms with Gasteiger partial charge in [0.05, 0.1) is 70.7 Å². The van der Waals surface area contributed by atoms with Crippen molar-refractivity contribution in [3.05, 3.63) is 49.9 Å². The summed E-state index contributed by atoms with van der Waals surface area (Å²) < 4.78 is 64.1. The number of nitrogen functional groups attached to an aromatic ring is 3. The first kappa shape index (κ1) is 87.2. The zero-order chi connectivity index (χ0) is 79.6. The van der Waals surface area contributed by atoms with E-state index in [2.05, 4.69) is 72.9 Å². The standard InChI is InChI=1S/C26H36N8O10.C16H19N5O4.C10H13N5O4.C6H8O.C5H8O2.C4H6.C2H6/c1-14(36)24(37)41-15(2)25(38)40-9-8-39-7-6-33-10-16(31-32-33)4-5-26(3)43-19-17(11-35)42-23(20(19)44-26)34-13-30-18-21(27)28-12-29-22(18)34;1-3-4-5-16(2)24-11-9(6-22)23-15(12(11)25-16)21-8-20-10-13(17)18-7-19-14(10)21;11-8-5-9(13-2-12-8)15(3-14-5)10-7(18)6(17)4(1-16)19-10;1-3-4-5-6(2)7;1-4(6)3-5(2)7;1-3-4-2;1-2/h10,12-15,17,19-20,23,35-36H,4-9,11H2,1-3H3,(H2,27,28,29);1,7-9,11-12,15,22H,4-6H2,2H3,(H2,17,18,19);2-4,6-7,10,16-18H,1H2,(H2,11,12,13);1H,4-5H2,2H3;3H2,1-2H3;1H,4H2,2H3;1-2H3/t14?,15?,17-,19?,20+,23-,26?;9-,11?,12+,15-,16?;4-,6?,7+,10-;;;;/m111..../s1. The normalized spacial score (nSPS) is 25.3. The highest BCUT2D eigenvalue weighted by atomic mass is 16.8. The third-order valence-electron chi connectivity index (χ3n) is 16.3. The van der Waals surface area contributed by atoms with Gasteiger partial charge in [-0.2, -0.15) is 0 Å². The van der Waals surface area contributed by atoms with Crippen LogP contribution in [0, 0.1) is 37.0 Å². The zero-order valence-corrected chi connectivity index (χ0v) is 61.7. The van der Waals surface area contributed by atoms with Crippen LogP contribution in [0.1, 0.15) is 139 Å². The number of fused-ring (bicyclic) bond motifs is 5. The van der Waals surface area contributed by atoms with E-state index in [0.29, 0.717) is 91.0 Å². The van der Waals surface area contributed by atoms with Crippen LogP contribution in [0.25, 0.3) is 33.5 Å². The molecule has 5 aliphatic rings. The summed E-state index contributed by atoms with van der Waals surface area (Å²) in [5.74, 6) is 4.78.